The Bertz CT molecular complexity index is 723. The molecule has 6 nitrogen and oxygen atoms in total. The van der Waals surface area contributed by atoms with Crippen LogP contribution in [0.3, 0.4) is 0 Å². The van der Waals surface area contributed by atoms with Gasteiger partial charge in [0.15, 0.2) is 0 Å². The first-order valence-corrected chi connectivity index (χ1v) is 9.91. The predicted molar refractivity (Wildman–Crippen MR) is 105 cm³/mol. The summed E-state index contributed by atoms with van der Waals surface area (Å²) in [5.41, 5.74) is -0.00281. The zero-order valence-electron chi connectivity index (χ0n) is 18.0. The summed E-state index contributed by atoms with van der Waals surface area (Å²) in [6.07, 6.45) is 0.608. The SMILES string of the molecule is COc1cc(F)ccc1[C@H](OC1CC1)[C@H](C)OC(=O)[C@H](C)CC(=O)OC(C)(C)C. The second-order valence-electron chi connectivity index (χ2n) is 8.48. The molecule has 1 fully saturated rings. The quantitative estimate of drug-likeness (QED) is 0.564. The van der Waals surface area contributed by atoms with E-state index in [1.54, 1.807) is 40.7 Å². The Morgan fingerprint density at radius 1 is 1.21 bits per heavy atom. The first kappa shape index (κ1) is 23.1. The van der Waals surface area contributed by atoms with Crippen LogP contribution in [0.1, 0.15) is 65.5 Å². The van der Waals surface area contributed by atoms with Crippen LogP contribution < -0.4 is 4.74 Å². The van der Waals surface area contributed by atoms with E-state index in [-0.39, 0.29) is 12.5 Å². The van der Waals surface area contributed by atoms with Crippen LogP contribution in [-0.4, -0.2) is 36.9 Å². The summed E-state index contributed by atoms with van der Waals surface area (Å²) in [6, 6.07) is 4.18. The van der Waals surface area contributed by atoms with E-state index in [9.17, 15) is 14.0 Å². The Balaban J connectivity index is 2.07. The molecule has 7 heteroatoms. The van der Waals surface area contributed by atoms with Gasteiger partial charge in [-0.25, -0.2) is 4.39 Å². The van der Waals surface area contributed by atoms with E-state index in [0.717, 1.165) is 12.8 Å². The van der Waals surface area contributed by atoms with Crippen LogP contribution in [-0.2, 0) is 23.8 Å². The third-order valence-corrected chi connectivity index (χ3v) is 4.39. The summed E-state index contributed by atoms with van der Waals surface area (Å²) in [4.78, 5) is 24.5. The maximum Gasteiger partial charge on any atom is 0.309 e. The van der Waals surface area contributed by atoms with Crippen LogP contribution in [0.5, 0.6) is 5.75 Å². The minimum Gasteiger partial charge on any atom is -0.496 e. The number of halogens is 1. The molecule has 1 saturated carbocycles. The summed E-state index contributed by atoms with van der Waals surface area (Å²) in [5, 5.41) is 0. The molecule has 1 aromatic carbocycles. The Kier molecular flexibility index (Phi) is 7.63. The van der Waals surface area contributed by atoms with Gasteiger partial charge in [-0.15, -0.1) is 0 Å². The highest BCUT2D eigenvalue weighted by Crippen LogP contribution is 2.37. The van der Waals surface area contributed by atoms with Crippen LogP contribution >= 0.6 is 0 Å². The summed E-state index contributed by atoms with van der Waals surface area (Å²) in [6.45, 7) is 8.64. The van der Waals surface area contributed by atoms with Crippen molar-refractivity contribution in [2.24, 2.45) is 5.92 Å². The molecule has 0 aromatic heterocycles. The predicted octanol–water partition coefficient (Wildman–Crippen LogP) is 4.35. The van der Waals surface area contributed by atoms with Crippen molar-refractivity contribution in [2.75, 3.05) is 7.11 Å². The zero-order chi connectivity index (χ0) is 21.8. The lowest BCUT2D eigenvalue weighted by atomic mass is 10.0. The molecular weight excluding hydrogens is 379 g/mol. The van der Waals surface area contributed by atoms with Gasteiger partial charge in [0.25, 0.3) is 0 Å². The Morgan fingerprint density at radius 3 is 2.41 bits per heavy atom. The van der Waals surface area contributed by atoms with Gasteiger partial charge in [0.05, 0.1) is 25.6 Å². The fourth-order valence-corrected chi connectivity index (χ4v) is 2.85. The summed E-state index contributed by atoms with van der Waals surface area (Å²) >= 11 is 0. The van der Waals surface area contributed by atoms with Crippen LogP contribution in [0.2, 0.25) is 0 Å². The number of carbonyl (C=O) groups excluding carboxylic acids is 2. The van der Waals surface area contributed by atoms with Crippen molar-refractivity contribution < 1.29 is 32.9 Å². The lowest BCUT2D eigenvalue weighted by Gasteiger charge is -2.27. The average Bonchev–Trinajstić information content (AvgIpc) is 3.42. The van der Waals surface area contributed by atoms with Gasteiger partial charge in [0.2, 0.25) is 0 Å². The lowest BCUT2D eigenvalue weighted by Crippen LogP contribution is -2.30. The van der Waals surface area contributed by atoms with E-state index >= 15 is 0 Å². The molecule has 0 unspecified atom stereocenters. The van der Waals surface area contributed by atoms with Crippen molar-refractivity contribution in [3.8, 4) is 5.75 Å². The molecule has 0 aliphatic heterocycles. The van der Waals surface area contributed by atoms with Crippen molar-refractivity contribution in [1.82, 2.24) is 0 Å². The van der Waals surface area contributed by atoms with Crippen molar-refractivity contribution in [2.45, 2.75) is 77.8 Å². The smallest absolute Gasteiger partial charge is 0.309 e. The minimum absolute atomic E-state index is 0.0726. The maximum absolute atomic E-state index is 13.6. The zero-order valence-corrected chi connectivity index (χ0v) is 18.0. The van der Waals surface area contributed by atoms with E-state index in [1.165, 1.54) is 19.2 Å². The first-order chi connectivity index (χ1) is 13.5. The van der Waals surface area contributed by atoms with E-state index in [4.69, 9.17) is 18.9 Å². The monoisotopic (exact) mass is 410 g/mol. The molecule has 0 spiro atoms. The number of carbonyl (C=O) groups is 2. The number of methoxy groups -OCH3 is 1. The second-order valence-corrected chi connectivity index (χ2v) is 8.48. The van der Waals surface area contributed by atoms with Crippen LogP contribution in [0, 0.1) is 11.7 Å². The van der Waals surface area contributed by atoms with E-state index in [0.29, 0.717) is 11.3 Å². The highest BCUT2D eigenvalue weighted by Gasteiger charge is 2.34. The molecule has 1 aliphatic rings. The van der Waals surface area contributed by atoms with Gasteiger partial charge in [0.1, 0.15) is 29.4 Å². The Labute approximate surface area is 171 Å². The fourth-order valence-electron chi connectivity index (χ4n) is 2.85. The summed E-state index contributed by atoms with van der Waals surface area (Å²) < 4.78 is 35.8. The number of rotatable bonds is 9. The average molecular weight is 410 g/mol. The highest BCUT2D eigenvalue weighted by molar-refractivity contribution is 5.80. The summed E-state index contributed by atoms with van der Waals surface area (Å²) in [7, 11) is 1.45. The lowest BCUT2D eigenvalue weighted by molar-refractivity contribution is -0.167. The maximum atomic E-state index is 13.6. The van der Waals surface area contributed by atoms with Gasteiger partial charge in [-0.1, -0.05) is 6.92 Å². The molecule has 0 amide bonds. The molecule has 162 valence electrons. The third-order valence-electron chi connectivity index (χ3n) is 4.39. The molecule has 29 heavy (non-hydrogen) atoms. The van der Waals surface area contributed by atoms with Crippen LogP contribution in [0.4, 0.5) is 4.39 Å². The molecule has 1 aromatic rings. The van der Waals surface area contributed by atoms with E-state index < -0.39 is 41.5 Å². The molecule has 2 rings (SSSR count). The van der Waals surface area contributed by atoms with Gasteiger partial charge in [-0.2, -0.15) is 0 Å². The molecule has 3 atom stereocenters. The Hall–Kier alpha value is -2.15. The summed E-state index contributed by atoms with van der Waals surface area (Å²) in [5.74, 6) is -1.73. The van der Waals surface area contributed by atoms with E-state index in [2.05, 4.69) is 0 Å². The molecule has 0 saturated heterocycles. The largest absolute Gasteiger partial charge is 0.496 e. The molecule has 0 N–H and O–H groups in total. The third kappa shape index (κ3) is 7.31. The van der Waals surface area contributed by atoms with Gasteiger partial charge < -0.3 is 18.9 Å². The van der Waals surface area contributed by atoms with Gasteiger partial charge in [-0.3, -0.25) is 9.59 Å². The second kappa shape index (κ2) is 9.57. The number of hydrogen-bond acceptors (Lipinski definition) is 6. The first-order valence-electron chi connectivity index (χ1n) is 9.91. The van der Waals surface area contributed by atoms with Crippen LogP contribution in [0.25, 0.3) is 0 Å². The van der Waals surface area contributed by atoms with Crippen molar-refractivity contribution in [3.63, 3.8) is 0 Å². The van der Waals surface area contributed by atoms with Crippen molar-refractivity contribution in [1.29, 1.82) is 0 Å². The van der Waals surface area contributed by atoms with Gasteiger partial charge in [0, 0.05) is 11.6 Å². The topological polar surface area (TPSA) is 71.1 Å². The van der Waals surface area contributed by atoms with Gasteiger partial charge in [-0.05, 0) is 52.7 Å². The van der Waals surface area contributed by atoms with Crippen molar-refractivity contribution in [3.05, 3.63) is 29.6 Å². The van der Waals surface area contributed by atoms with E-state index in [1.807, 2.05) is 0 Å². The molecular formula is C22H31FO6. The fraction of sp³-hybridized carbons (Fsp3) is 0.636. The van der Waals surface area contributed by atoms with Crippen LogP contribution in [0.15, 0.2) is 18.2 Å². The molecule has 0 bridgehead atoms. The number of ether oxygens (including phenoxy) is 4. The van der Waals surface area contributed by atoms with Gasteiger partial charge >= 0.3 is 11.9 Å². The molecule has 0 heterocycles. The molecule has 1 aliphatic carbocycles. The normalized spacial score (nSPS) is 17.2. The minimum atomic E-state index is -0.663. The number of benzene rings is 1. The Morgan fingerprint density at radius 2 is 1.86 bits per heavy atom. The molecule has 0 radical (unpaired) electrons. The standard InChI is InChI=1S/C22H31FO6/c1-13(11-19(24)29-22(3,4)5)21(25)27-14(2)20(28-16-8-9-16)17-10-7-15(23)12-18(17)26-6/h7,10,12-14,16,20H,8-9,11H2,1-6H3/t13-,14+,20-/m1/s1. The van der Waals surface area contributed by atoms with Crippen molar-refractivity contribution >= 4 is 11.9 Å². The number of hydrogen-bond donors (Lipinski definition) is 0. The number of esters is 2. The highest BCUT2D eigenvalue weighted by atomic mass is 19.1.